The van der Waals surface area contributed by atoms with Crippen LogP contribution in [-0.4, -0.2) is 37.2 Å². The van der Waals surface area contributed by atoms with Gasteiger partial charge in [-0.1, -0.05) is 0 Å². The van der Waals surface area contributed by atoms with Crippen molar-refractivity contribution in [1.82, 2.24) is 4.90 Å². The highest BCUT2D eigenvalue weighted by Crippen LogP contribution is 2.15. The van der Waals surface area contributed by atoms with E-state index in [0.717, 1.165) is 6.61 Å². The van der Waals surface area contributed by atoms with Crippen LogP contribution in [0.25, 0.3) is 0 Å². The Balaban J connectivity index is 1.92. The monoisotopic (exact) mass is 157 g/mol. The van der Waals surface area contributed by atoms with E-state index in [4.69, 9.17) is 4.74 Å². The Labute approximate surface area is 69.5 Å². The normalized spacial score (nSPS) is 23.2. The van der Waals surface area contributed by atoms with Crippen molar-refractivity contribution in [3.05, 3.63) is 0 Å². The van der Waals surface area contributed by atoms with E-state index in [1.165, 1.54) is 19.4 Å². The fraction of sp³-hybridized carbons (Fsp3) is 1.00. The maximum atomic E-state index is 5.13. The molecule has 0 aromatic rings. The molecule has 0 aromatic heterocycles. The molecule has 1 fully saturated rings. The van der Waals surface area contributed by atoms with Crippen LogP contribution in [0.2, 0.25) is 0 Å². The van der Waals surface area contributed by atoms with Crippen molar-refractivity contribution in [1.29, 1.82) is 0 Å². The van der Waals surface area contributed by atoms with Gasteiger partial charge in [-0.15, -0.1) is 0 Å². The summed E-state index contributed by atoms with van der Waals surface area (Å²) in [5, 5.41) is 0. The van der Waals surface area contributed by atoms with E-state index in [-0.39, 0.29) is 0 Å². The molecule has 0 aliphatic carbocycles. The van der Waals surface area contributed by atoms with Crippen LogP contribution in [-0.2, 0) is 4.74 Å². The van der Waals surface area contributed by atoms with E-state index in [2.05, 4.69) is 25.8 Å². The molecule has 0 spiro atoms. The van der Waals surface area contributed by atoms with Crippen molar-refractivity contribution in [3.8, 4) is 0 Å². The van der Waals surface area contributed by atoms with Gasteiger partial charge < -0.3 is 9.64 Å². The SMILES string of the molecule is CC(C)N(C)CCCC1CO1. The van der Waals surface area contributed by atoms with E-state index in [1.54, 1.807) is 0 Å². The zero-order valence-corrected chi connectivity index (χ0v) is 7.84. The van der Waals surface area contributed by atoms with Gasteiger partial charge in [-0.2, -0.15) is 0 Å². The van der Waals surface area contributed by atoms with Crippen molar-refractivity contribution >= 4 is 0 Å². The Morgan fingerprint density at radius 3 is 2.64 bits per heavy atom. The summed E-state index contributed by atoms with van der Waals surface area (Å²) < 4.78 is 5.13. The third-order valence-corrected chi connectivity index (χ3v) is 2.32. The molecule has 0 radical (unpaired) electrons. The first-order chi connectivity index (χ1) is 5.20. The molecule has 0 saturated carbocycles. The summed E-state index contributed by atoms with van der Waals surface area (Å²) in [6.07, 6.45) is 3.13. The first-order valence-electron chi connectivity index (χ1n) is 4.52. The third kappa shape index (κ3) is 3.73. The largest absolute Gasteiger partial charge is 0.373 e. The van der Waals surface area contributed by atoms with E-state index >= 15 is 0 Å². The zero-order chi connectivity index (χ0) is 8.27. The fourth-order valence-electron chi connectivity index (χ4n) is 1.06. The minimum atomic E-state index is 0.607. The van der Waals surface area contributed by atoms with Crippen LogP contribution in [0.5, 0.6) is 0 Å². The minimum Gasteiger partial charge on any atom is -0.373 e. The number of hydrogen-bond donors (Lipinski definition) is 0. The summed E-state index contributed by atoms with van der Waals surface area (Å²) in [5.74, 6) is 0. The lowest BCUT2D eigenvalue weighted by Gasteiger charge is -2.20. The summed E-state index contributed by atoms with van der Waals surface area (Å²) in [6.45, 7) is 6.67. The minimum absolute atomic E-state index is 0.607. The first-order valence-corrected chi connectivity index (χ1v) is 4.52. The first kappa shape index (κ1) is 9.01. The number of nitrogens with zero attached hydrogens (tertiary/aromatic N) is 1. The quantitative estimate of drug-likeness (QED) is 0.562. The van der Waals surface area contributed by atoms with Crippen molar-refractivity contribution in [2.75, 3.05) is 20.2 Å². The maximum absolute atomic E-state index is 5.13. The Morgan fingerprint density at radius 1 is 1.55 bits per heavy atom. The topological polar surface area (TPSA) is 15.8 Å². The molecule has 0 bridgehead atoms. The summed E-state index contributed by atoms with van der Waals surface area (Å²) in [6, 6.07) is 0.676. The highest BCUT2D eigenvalue weighted by molar-refractivity contribution is 4.69. The number of rotatable bonds is 5. The average Bonchev–Trinajstić information content (AvgIpc) is 2.71. The molecule has 1 unspecified atom stereocenters. The molecule has 2 nitrogen and oxygen atoms in total. The molecule has 0 N–H and O–H groups in total. The molecular formula is C9H19NO. The lowest BCUT2D eigenvalue weighted by molar-refractivity contribution is 0.262. The number of ether oxygens (including phenoxy) is 1. The molecule has 0 amide bonds. The maximum Gasteiger partial charge on any atom is 0.0810 e. The second-order valence-corrected chi connectivity index (χ2v) is 3.67. The molecular weight excluding hydrogens is 138 g/mol. The van der Waals surface area contributed by atoms with Gasteiger partial charge in [-0.25, -0.2) is 0 Å². The molecule has 1 aliphatic rings. The third-order valence-electron chi connectivity index (χ3n) is 2.32. The molecule has 2 heteroatoms. The van der Waals surface area contributed by atoms with E-state index < -0.39 is 0 Å². The summed E-state index contributed by atoms with van der Waals surface area (Å²) in [7, 11) is 2.18. The Bertz CT molecular complexity index is 110. The van der Waals surface area contributed by atoms with Crippen LogP contribution in [0, 0.1) is 0 Å². The molecule has 1 rings (SSSR count). The predicted octanol–water partition coefficient (Wildman–Crippen LogP) is 1.51. The van der Waals surface area contributed by atoms with Gasteiger partial charge in [0, 0.05) is 6.04 Å². The zero-order valence-electron chi connectivity index (χ0n) is 7.84. The number of hydrogen-bond acceptors (Lipinski definition) is 2. The summed E-state index contributed by atoms with van der Waals surface area (Å²) >= 11 is 0. The van der Waals surface area contributed by atoms with Gasteiger partial charge in [-0.3, -0.25) is 0 Å². The standard InChI is InChI=1S/C9H19NO/c1-8(2)10(3)6-4-5-9-7-11-9/h8-9H,4-7H2,1-3H3. The highest BCUT2D eigenvalue weighted by Gasteiger charge is 2.21. The van der Waals surface area contributed by atoms with Crippen molar-refractivity contribution in [2.45, 2.75) is 38.8 Å². The van der Waals surface area contributed by atoms with Crippen LogP contribution >= 0.6 is 0 Å². The summed E-state index contributed by atoms with van der Waals surface area (Å²) in [5.41, 5.74) is 0. The van der Waals surface area contributed by atoms with Crippen LogP contribution in [0.3, 0.4) is 0 Å². The van der Waals surface area contributed by atoms with Crippen LogP contribution in [0.4, 0.5) is 0 Å². The van der Waals surface area contributed by atoms with Gasteiger partial charge in [0.15, 0.2) is 0 Å². The molecule has 66 valence electrons. The highest BCUT2D eigenvalue weighted by atomic mass is 16.6. The average molecular weight is 157 g/mol. The van der Waals surface area contributed by atoms with Gasteiger partial charge in [0.1, 0.15) is 0 Å². The van der Waals surface area contributed by atoms with Crippen molar-refractivity contribution in [2.24, 2.45) is 0 Å². The van der Waals surface area contributed by atoms with Gasteiger partial charge in [0.25, 0.3) is 0 Å². The molecule has 1 atom stereocenters. The summed E-state index contributed by atoms with van der Waals surface area (Å²) in [4.78, 5) is 2.38. The van der Waals surface area contributed by atoms with Crippen LogP contribution < -0.4 is 0 Å². The van der Waals surface area contributed by atoms with Crippen molar-refractivity contribution in [3.63, 3.8) is 0 Å². The van der Waals surface area contributed by atoms with E-state index in [9.17, 15) is 0 Å². The lowest BCUT2D eigenvalue weighted by Crippen LogP contribution is -2.27. The Morgan fingerprint density at radius 2 is 2.18 bits per heavy atom. The molecule has 1 aliphatic heterocycles. The van der Waals surface area contributed by atoms with Gasteiger partial charge in [-0.05, 0) is 40.3 Å². The van der Waals surface area contributed by atoms with Gasteiger partial charge in [0.2, 0.25) is 0 Å². The Kier molecular flexibility index (Phi) is 3.34. The fourth-order valence-corrected chi connectivity index (χ4v) is 1.06. The van der Waals surface area contributed by atoms with Crippen LogP contribution in [0.1, 0.15) is 26.7 Å². The molecule has 11 heavy (non-hydrogen) atoms. The molecule has 0 aromatic carbocycles. The van der Waals surface area contributed by atoms with E-state index in [1.807, 2.05) is 0 Å². The second-order valence-electron chi connectivity index (χ2n) is 3.67. The van der Waals surface area contributed by atoms with E-state index in [0.29, 0.717) is 12.1 Å². The lowest BCUT2D eigenvalue weighted by atomic mass is 10.2. The Hall–Kier alpha value is -0.0800. The smallest absolute Gasteiger partial charge is 0.0810 e. The van der Waals surface area contributed by atoms with Gasteiger partial charge in [0.05, 0.1) is 12.7 Å². The van der Waals surface area contributed by atoms with Crippen LogP contribution in [0.15, 0.2) is 0 Å². The van der Waals surface area contributed by atoms with Gasteiger partial charge >= 0.3 is 0 Å². The van der Waals surface area contributed by atoms with Crippen molar-refractivity contribution < 1.29 is 4.74 Å². The predicted molar refractivity (Wildman–Crippen MR) is 46.7 cm³/mol. The molecule has 1 heterocycles. The molecule has 1 saturated heterocycles. The number of epoxide rings is 1. The second kappa shape index (κ2) is 4.07.